The van der Waals surface area contributed by atoms with E-state index in [1.165, 1.54) is 0 Å². The summed E-state index contributed by atoms with van der Waals surface area (Å²) in [5, 5.41) is 12.7. The molecule has 0 bridgehead atoms. The van der Waals surface area contributed by atoms with Gasteiger partial charge >= 0.3 is 0 Å². The van der Waals surface area contributed by atoms with Gasteiger partial charge in [-0.1, -0.05) is 0 Å². The maximum absolute atomic E-state index is 4.61. The van der Waals surface area contributed by atoms with Crippen LogP contribution in [-0.4, -0.2) is 56.0 Å². The zero-order valence-electron chi connectivity index (χ0n) is 13.4. The zero-order chi connectivity index (χ0) is 16.0. The van der Waals surface area contributed by atoms with Gasteiger partial charge in [-0.3, -0.25) is 4.98 Å². The Bertz CT molecular complexity index is 852. The highest BCUT2D eigenvalue weighted by atomic mass is 15.4. The molecule has 4 heterocycles. The fraction of sp³-hybridized carbons (Fsp3) is 0.400. The molecule has 1 saturated heterocycles. The van der Waals surface area contributed by atoms with Crippen LogP contribution in [-0.2, 0) is 0 Å². The van der Waals surface area contributed by atoms with Gasteiger partial charge in [-0.25, -0.2) is 4.98 Å². The summed E-state index contributed by atoms with van der Waals surface area (Å²) in [7, 11) is 2.07. The Morgan fingerprint density at radius 2 is 1.87 bits per heavy atom. The lowest BCUT2D eigenvalue weighted by molar-refractivity contribution is 0.486. The van der Waals surface area contributed by atoms with Crippen LogP contribution in [0.2, 0.25) is 0 Å². The lowest BCUT2D eigenvalue weighted by Gasteiger charge is -2.45. The third kappa shape index (κ3) is 2.26. The Labute approximate surface area is 133 Å². The van der Waals surface area contributed by atoms with Crippen LogP contribution in [0.3, 0.4) is 0 Å². The molecule has 0 aliphatic carbocycles. The third-order valence-electron chi connectivity index (χ3n) is 4.33. The highest BCUT2D eigenvalue weighted by Crippen LogP contribution is 2.25. The van der Waals surface area contributed by atoms with Crippen molar-refractivity contribution in [1.82, 2.24) is 29.8 Å². The second-order valence-corrected chi connectivity index (χ2v) is 5.84. The Morgan fingerprint density at radius 1 is 1.09 bits per heavy atom. The molecule has 0 atom stereocenters. The fourth-order valence-corrected chi connectivity index (χ4v) is 2.86. The van der Waals surface area contributed by atoms with E-state index in [0.29, 0.717) is 6.04 Å². The quantitative estimate of drug-likeness (QED) is 0.710. The monoisotopic (exact) mass is 310 g/mol. The lowest BCUT2D eigenvalue weighted by atomic mass is 10.1. The standard InChI is InChI=1S/C15H18N8/c1-10-15(17-7-6-16-10)21(3)12-8-22(9-12)14-5-4-13-19-18-11(2)23(13)20-14/h4-7,12H,8-9H2,1-3H3. The van der Waals surface area contributed by atoms with Crippen LogP contribution in [0.25, 0.3) is 5.65 Å². The number of rotatable bonds is 3. The second kappa shape index (κ2) is 5.15. The number of fused-ring (bicyclic) bond motifs is 1. The number of aromatic nitrogens is 6. The van der Waals surface area contributed by atoms with Crippen LogP contribution < -0.4 is 9.80 Å². The Morgan fingerprint density at radius 3 is 2.65 bits per heavy atom. The molecule has 8 heteroatoms. The van der Waals surface area contributed by atoms with E-state index in [1.54, 1.807) is 16.9 Å². The first-order chi connectivity index (χ1) is 11.1. The second-order valence-electron chi connectivity index (χ2n) is 5.84. The summed E-state index contributed by atoms with van der Waals surface area (Å²) in [6.45, 7) is 5.71. The summed E-state index contributed by atoms with van der Waals surface area (Å²) >= 11 is 0. The van der Waals surface area contributed by atoms with Crippen molar-refractivity contribution in [3.05, 3.63) is 36.0 Å². The number of hydrogen-bond donors (Lipinski definition) is 0. The minimum atomic E-state index is 0.407. The topological polar surface area (TPSA) is 75.3 Å². The fourth-order valence-electron chi connectivity index (χ4n) is 2.86. The Balaban J connectivity index is 1.50. The van der Waals surface area contributed by atoms with Crippen molar-refractivity contribution in [2.45, 2.75) is 19.9 Å². The van der Waals surface area contributed by atoms with Gasteiger partial charge in [0.1, 0.15) is 11.6 Å². The molecule has 0 aromatic carbocycles. The molecule has 4 rings (SSSR count). The van der Waals surface area contributed by atoms with Crippen LogP contribution in [0, 0.1) is 13.8 Å². The van der Waals surface area contributed by atoms with E-state index in [9.17, 15) is 0 Å². The Hall–Kier alpha value is -2.77. The van der Waals surface area contributed by atoms with Crippen LogP contribution >= 0.6 is 0 Å². The van der Waals surface area contributed by atoms with Crippen molar-refractivity contribution in [2.24, 2.45) is 0 Å². The van der Waals surface area contributed by atoms with E-state index in [2.05, 4.69) is 42.1 Å². The van der Waals surface area contributed by atoms with E-state index in [1.807, 2.05) is 26.0 Å². The average molecular weight is 310 g/mol. The molecule has 1 aliphatic rings. The van der Waals surface area contributed by atoms with Crippen molar-refractivity contribution < 1.29 is 0 Å². The van der Waals surface area contributed by atoms with E-state index in [-0.39, 0.29) is 0 Å². The van der Waals surface area contributed by atoms with Crippen LogP contribution in [0.15, 0.2) is 24.5 Å². The first kappa shape index (κ1) is 13.9. The molecule has 3 aromatic rings. The summed E-state index contributed by atoms with van der Waals surface area (Å²) in [6.07, 6.45) is 3.46. The lowest BCUT2D eigenvalue weighted by Crippen LogP contribution is -2.59. The van der Waals surface area contributed by atoms with Gasteiger partial charge in [0.05, 0.1) is 11.7 Å². The smallest absolute Gasteiger partial charge is 0.178 e. The van der Waals surface area contributed by atoms with Crippen LogP contribution in [0.1, 0.15) is 11.5 Å². The van der Waals surface area contributed by atoms with Crippen LogP contribution in [0.4, 0.5) is 11.6 Å². The minimum Gasteiger partial charge on any atom is -0.352 e. The van der Waals surface area contributed by atoms with Crippen molar-refractivity contribution in [2.75, 3.05) is 29.9 Å². The molecule has 3 aromatic heterocycles. The average Bonchev–Trinajstić information content (AvgIpc) is 2.87. The molecule has 0 unspecified atom stereocenters. The molecule has 1 fully saturated rings. The molecule has 0 amide bonds. The molecule has 0 spiro atoms. The molecular formula is C15H18N8. The number of hydrogen-bond acceptors (Lipinski definition) is 7. The Kier molecular flexibility index (Phi) is 3.10. The third-order valence-corrected chi connectivity index (χ3v) is 4.33. The number of nitrogens with zero attached hydrogens (tertiary/aromatic N) is 8. The van der Waals surface area contributed by atoms with Gasteiger partial charge < -0.3 is 9.80 Å². The van der Waals surface area contributed by atoms with E-state index >= 15 is 0 Å². The van der Waals surface area contributed by atoms with E-state index < -0.39 is 0 Å². The number of anilines is 2. The molecule has 1 aliphatic heterocycles. The summed E-state index contributed by atoms with van der Waals surface area (Å²) in [4.78, 5) is 13.2. The van der Waals surface area contributed by atoms with Gasteiger partial charge in [0.15, 0.2) is 11.5 Å². The highest BCUT2D eigenvalue weighted by molar-refractivity contribution is 5.51. The summed E-state index contributed by atoms with van der Waals surface area (Å²) in [5.41, 5.74) is 1.73. The van der Waals surface area contributed by atoms with Crippen LogP contribution in [0.5, 0.6) is 0 Å². The maximum atomic E-state index is 4.61. The van der Waals surface area contributed by atoms with Gasteiger partial charge in [0, 0.05) is 32.5 Å². The summed E-state index contributed by atoms with van der Waals surface area (Å²) in [5.74, 6) is 2.68. The zero-order valence-corrected chi connectivity index (χ0v) is 13.4. The van der Waals surface area contributed by atoms with Crippen molar-refractivity contribution in [3.63, 3.8) is 0 Å². The van der Waals surface area contributed by atoms with Gasteiger partial charge in [-0.15, -0.1) is 15.3 Å². The number of aryl methyl sites for hydroxylation is 2. The van der Waals surface area contributed by atoms with Crippen molar-refractivity contribution >= 4 is 17.3 Å². The highest BCUT2D eigenvalue weighted by Gasteiger charge is 2.32. The maximum Gasteiger partial charge on any atom is 0.178 e. The first-order valence-electron chi connectivity index (χ1n) is 7.58. The largest absolute Gasteiger partial charge is 0.352 e. The van der Waals surface area contributed by atoms with Crippen molar-refractivity contribution in [1.29, 1.82) is 0 Å². The van der Waals surface area contributed by atoms with E-state index in [4.69, 9.17) is 0 Å². The van der Waals surface area contributed by atoms with Gasteiger partial charge in [-0.05, 0) is 26.0 Å². The van der Waals surface area contributed by atoms with Gasteiger partial charge in [0.2, 0.25) is 0 Å². The minimum absolute atomic E-state index is 0.407. The predicted octanol–water partition coefficient (Wildman–Crippen LogP) is 0.856. The summed E-state index contributed by atoms with van der Waals surface area (Å²) < 4.78 is 1.78. The molecule has 0 N–H and O–H groups in total. The first-order valence-corrected chi connectivity index (χ1v) is 7.58. The molecule has 8 nitrogen and oxygen atoms in total. The van der Waals surface area contributed by atoms with Crippen molar-refractivity contribution in [3.8, 4) is 0 Å². The molecular weight excluding hydrogens is 292 g/mol. The molecule has 0 radical (unpaired) electrons. The van der Waals surface area contributed by atoms with Gasteiger partial charge in [-0.2, -0.15) is 4.52 Å². The molecule has 118 valence electrons. The predicted molar refractivity (Wildman–Crippen MR) is 86.7 cm³/mol. The van der Waals surface area contributed by atoms with E-state index in [0.717, 1.165) is 41.9 Å². The molecule has 23 heavy (non-hydrogen) atoms. The normalized spacial score (nSPS) is 15.0. The SMILES string of the molecule is Cc1nccnc1N(C)C1CN(c2ccc3nnc(C)n3n2)C1. The summed E-state index contributed by atoms with van der Waals surface area (Å²) in [6, 6.07) is 4.35. The molecule has 0 saturated carbocycles. The number of likely N-dealkylation sites (N-methyl/N-ethyl adjacent to an activating group) is 1. The van der Waals surface area contributed by atoms with Gasteiger partial charge in [0.25, 0.3) is 0 Å².